The largest absolute Gasteiger partial charge is 0.305 e. The Morgan fingerprint density at radius 1 is 1.64 bits per heavy atom. The molecule has 0 bridgehead atoms. The summed E-state index contributed by atoms with van der Waals surface area (Å²) in [6.07, 6.45) is 6.88. The lowest BCUT2D eigenvalue weighted by molar-refractivity contribution is -0.137. The van der Waals surface area contributed by atoms with Gasteiger partial charge in [0.25, 0.3) is 0 Å². The van der Waals surface area contributed by atoms with Crippen molar-refractivity contribution < 1.29 is 9.59 Å². The minimum absolute atomic E-state index is 0.121. The van der Waals surface area contributed by atoms with Crippen molar-refractivity contribution in [3.05, 3.63) is 0 Å². The van der Waals surface area contributed by atoms with Crippen molar-refractivity contribution in [1.82, 2.24) is 10.2 Å². The maximum Gasteiger partial charge on any atom is 0.246 e. The molecule has 1 heterocycles. The topological polar surface area (TPSA) is 49.4 Å². The zero-order valence-corrected chi connectivity index (χ0v) is 8.25. The van der Waals surface area contributed by atoms with Gasteiger partial charge in [-0.15, -0.1) is 12.3 Å². The van der Waals surface area contributed by atoms with Crippen LogP contribution in [0.4, 0.5) is 0 Å². The molecule has 4 nitrogen and oxygen atoms in total. The van der Waals surface area contributed by atoms with E-state index in [1.54, 1.807) is 0 Å². The molecule has 0 aromatic rings. The fourth-order valence-corrected chi connectivity index (χ4v) is 1.38. The molecule has 4 heteroatoms. The first-order chi connectivity index (χ1) is 6.66. The van der Waals surface area contributed by atoms with E-state index in [0.29, 0.717) is 13.0 Å². The monoisotopic (exact) mass is 194 g/mol. The van der Waals surface area contributed by atoms with Crippen molar-refractivity contribution in [2.45, 2.75) is 25.3 Å². The number of hydrogen-bond acceptors (Lipinski definition) is 3. The number of unbranched alkanes of at least 4 members (excludes halogenated alkanes) is 1. The Morgan fingerprint density at radius 2 is 2.36 bits per heavy atom. The zero-order valence-electron chi connectivity index (χ0n) is 8.25. The molecule has 1 saturated heterocycles. The molecule has 1 atom stereocenters. The van der Waals surface area contributed by atoms with E-state index in [1.807, 2.05) is 0 Å². The number of terminal acetylenes is 1. The molecule has 0 aliphatic carbocycles. The number of nitrogens with zero attached hydrogens (tertiary/aromatic N) is 1. The van der Waals surface area contributed by atoms with Gasteiger partial charge in [0.05, 0.1) is 12.5 Å². The van der Waals surface area contributed by atoms with E-state index >= 15 is 0 Å². The van der Waals surface area contributed by atoms with Crippen molar-refractivity contribution in [3.63, 3.8) is 0 Å². The van der Waals surface area contributed by atoms with Crippen molar-refractivity contribution in [1.29, 1.82) is 0 Å². The SMILES string of the molecule is C#CCCCNC1CC(=O)N(C)C1=O. The van der Waals surface area contributed by atoms with E-state index in [9.17, 15) is 9.59 Å². The quantitative estimate of drug-likeness (QED) is 0.381. The van der Waals surface area contributed by atoms with E-state index in [1.165, 1.54) is 11.9 Å². The van der Waals surface area contributed by atoms with Crippen molar-refractivity contribution in [3.8, 4) is 12.3 Å². The molecule has 76 valence electrons. The highest BCUT2D eigenvalue weighted by Gasteiger charge is 2.35. The van der Waals surface area contributed by atoms with Gasteiger partial charge in [-0.05, 0) is 13.0 Å². The molecular formula is C10H14N2O2. The van der Waals surface area contributed by atoms with Gasteiger partial charge in [0.15, 0.2) is 0 Å². The molecule has 0 saturated carbocycles. The molecule has 0 spiro atoms. The van der Waals surface area contributed by atoms with Gasteiger partial charge in [-0.2, -0.15) is 0 Å². The number of carbonyl (C=O) groups is 2. The van der Waals surface area contributed by atoms with E-state index in [-0.39, 0.29) is 24.3 Å². The lowest BCUT2D eigenvalue weighted by atomic mass is 10.2. The molecule has 1 aliphatic rings. The van der Waals surface area contributed by atoms with Gasteiger partial charge in [-0.3, -0.25) is 14.5 Å². The van der Waals surface area contributed by atoms with Crippen LogP contribution in [-0.2, 0) is 9.59 Å². The van der Waals surface area contributed by atoms with Gasteiger partial charge in [-0.25, -0.2) is 0 Å². The molecule has 0 aromatic carbocycles. The van der Waals surface area contributed by atoms with E-state index in [4.69, 9.17) is 6.42 Å². The number of likely N-dealkylation sites (tertiary alicyclic amines) is 1. The van der Waals surface area contributed by atoms with E-state index in [0.717, 1.165) is 6.42 Å². The highest BCUT2D eigenvalue weighted by Crippen LogP contribution is 2.10. The first kappa shape index (κ1) is 10.7. The van der Waals surface area contributed by atoms with Crippen molar-refractivity contribution in [2.24, 2.45) is 0 Å². The van der Waals surface area contributed by atoms with Gasteiger partial charge >= 0.3 is 0 Å². The highest BCUT2D eigenvalue weighted by molar-refractivity contribution is 6.05. The molecule has 1 aliphatic heterocycles. The Balaban J connectivity index is 2.30. The summed E-state index contributed by atoms with van der Waals surface area (Å²) >= 11 is 0. The molecule has 0 radical (unpaired) electrons. The number of hydrogen-bond donors (Lipinski definition) is 1. The van der Waals surface area contributed by atoms with Crippen LogP contribution in [0.2, 0.25) is 0 Å². The van der Waals surface area contributed by atoms with E-state index in [2.05, 4.69) is 11.2 Å². The third-order valence-electron chi connectivity index (χ3n) is 2.27. The second kappa shape index (κ2) is 4.77. The summed E-state index contributed by atoms with van der Waals surface area (Å²) in [5.41, 5.74) is 0. The molecule has 14 heavy (non-hydrogen) atoms. The fourth-order valence-electron chi connectivity index (χ4n) is 1.38. The standard InChI is InChI=1S/C10H14N2O2/c1-3-4-5-6-11-8-7-9(13)12(2)10(8)14/h1,8,11H,4-7H2,2H3. The van der Waals surface area contributed by atoms with Crippen LogP contribution in [0, 0.1) is 12.3 Å². The number of nitrogens with one attached hydrogen (secondary N) is 1. The van der Waals surface area contributed by atoms with Crippen LogP contribution in [0.3, 0.4) is 0 Å². The Kier molecular flexibility index (Phi) is 3.66. The summed E-state index contributed by atoms with van der Waals surface area (Å²) in [6.45, 7) is 0.682. The second-order valence-corrected chi connectivity index (χ2v) is 3.31. The number of rotatable bonds is 4. The average Bonchev–Trinajstić information content (AvgIpc) is 2.41. The summed E-state index contributed by atoms with van der Waals surface area (Å²) in [5, 5.41) is 3.02. The third kappa shape index (κ3) is 2.33. The summed E-state index contributed by atoms with van der Waals surface area (Å²) < 4.78 is 0. The van der Waals surface area contributed by atoms with E-state index < -0.39 is 0 Å². The van der Waals surface area contributed by atoms with Crippen LogP contribution in [0.1, 0.15) is 19.3 Å². The smallest absolute Gasteiger partial charge is 0.246 e. The normalized spacial score (nSPS) is 21.4. The van der Waals surface area contributed by atoms with Gasteiger partial charge in [0.2, 0.25) is 11.8 Å². The highest BCUT2D eigenvalue weighted by atomic mass is 16.2. The lowest BCUT2D eigenvalue weighted by Crippen LogP contribution is -2.37. The minimum atomic E-state index is -0.342. The number of amides is 2. The second-order valence-electron chi connectivity index (χ2n) is 3.31. The summed E-state index contributed by atoms with van der Waals surface area (Å²) in [7, 11) is 1.51. The molecule has 1 fully saturated rings. The van der Waals surface area contributed by atoms with Crippen LogP contribution >= 0.6 is 0 Å². The Bertz CT molecular complexity index is 280. The minimum Gasteiger partial charge on any atom is -0.305 e. The number of likely N-dealkylation sites (N-methyl/N-ethyl adjacent to an activating group) is 1. The predicted octanol–water partition coefficient (Wildman–Crippen LogP) is -0.253. The first-order valence-corrected chi connectivity index (χ1v) is 4.64. The van der Waals surface area contributed by atoms with Crippen LogP contribution in [-0.4, -0.2) is 36.3 Å². The van der Waals surface area contributed by atoms with Crippen molar-refractivity contribution >= 4 is 11.8 Å². The maximum atomic E-state index is 11.4. The summed E-state index contributed by atoms with van der Waals surface area (Å²) in [6, 6.07) is -0.342. The molecular weight excluding hydrogens is 180 g/mol. The van der Waals surface area contributed by atoms with Crippen LogP contribution in [0.25, 0.3) is 0 Å². The van der Waals surface area contributed by atoms with Gasteiger partial charge in [0, 0.05) is 13.5 Å². The predicted molar refractivity (Wildman–Crippen MR) is 52.3 cm³/mol. The Morgan fingerprint density at radius 3 is 2.86 bits per heavy atom. The Hall–Kier alpha value is -1.34. The molecule has 2 amide bonds. The average molecular weight is 194 g/mol. The lowest BCUT2D eigenvalue weighted by Gasteiger charge is -2.09. The van der Waals surface area contributed by atoms with Crippen molar-refractivity contribution in [2.75, 3.05) is 13.6 Å². The van der Waals surface area contributed by atoms with Crippen LogP contribution in [0.15, 0.2) is 0 Å². The molecule has 1 rings (SSSR count). The molecule has 1 N–H and O–H groups in total. The van der Waals surface area contributed by atoms with Crippen LogP contribution < -0.4 is 5.32 Å². The number of imide groups is 1. The molecule has 0 aromatic heterocycles. The Labute approximate surface area is 83.6 Å². The third-order valence-corrected chi connectivity index (χ3v) is 2.27. The summed E-state index contributed by atoms with van der Waals surface area (Å²) in [5.74, 6) is 2.26. The number of carbonyl (C=O) groups excluding carboxylic acids is 2. The van der Waals surface area contributed by atoms with Crippen LogP contribution in [0.5, 0.6) is 0 Å². The van der Waals surface area contributed by atoms with Gasteiger partial charge in [0.1, 0.15) is 0 Å². The van der Waals surface area contributed by atoms with Gasteiger partial charge in [-0.1, -0.05) is 0 Å². The first-order valence-electron chi connectivity index (χ1n) is 4.64. The van der Waals surface area contributed by atoms with Gasteiger partial charge < -0.3 is 5.32 Å². The maximum absolute atomic E-state index is 11.4. The molecule has 1 unspecified atom stereocenters. The summed E-state index contributed by atoms with van der Waals surface area (Å²) in [4.78, 5) is 23.7. The zero-order chi connectivity index (χ0) is 10.6. The fraction of sp³-hybridized carbons (Fsp3) is 0.600.